The van der Waals surface area contributed by atoms with Gasteiger partial charge in [0.15, 0.2) is 29.4 Å². The van der Waals surface area contributed by atoms with E-state index in [4.69, 9.17) is 30.7 Å². The molecule has 10 nitrogen and oxygen atoms in total. The number of halogens is 2. The van der Waals surface area contributed by atoms with E-state index in [0.717, 1.165) is 0 Å². The van der Waals surface area contributed by atoms with E-state index in [-0.39, 0.29) is 18.8 Å². The Labute approximate surface area is 255 Å². The highest BCUT2D eigenvalue weighted by Crippen LogP contribution is 2.72. The monoisotopic (exact) mass is 623 g/mol. The van der Waals surface area contributed by atoms with Crippen molar-refractivity contribution in [3.05, 3.63) is 36.5 Å². The van der Waals surface area contributed by atoms with Crippen molar-refractivity contribution in [1.29, 1.82) is 0 Å². The Bertz CT molecular complexity index is 1300. The Balaban J connectivity index is 1.41. The largest absolute Gasteiger partial charge is 0.460 e. The van der Waals surface area contributed by atoms with E-state index in [9.17, 15) is 24.3 Å². The zero-order chi connectivity index (χ0) is 31.6. The van der Waals surface area contributed by atoms with Crippen LogP contribution in [0, 0.1) is 22.7 Å². The van der Waals surface area contributed by atoms with Crippen LogP contribution in [0.1, 0.15) is 59.8 Å². The van der Waals surface area contributed by atoms with Gasteiger partial charge in [0.2, 0.25) is 5.78 Å². The van der Waals surface area contributed by atoms with Crippen LogP contribution in [0.2, 0.25) is 0 Å². The van der Waals surface area contributed by atoms with Gasteiger partial charge in [0.05, 0.1) is 18.6 Å². The summed E-state index contributed by atoms with van der Waals surface area (Å²) in [4.78, 5) is 53.2. The summed E-state index contributed by atoms with van der Waals surface area (Å²) in [7, 11) is 0. The van der Waals surface area contributed by atoms with Crippen LogP contribution in [0.5, 0.6) is 0 Å². The minimum Gasteiger partial charge on any atom is -0.460 e. The van der Waals surface area contributed by atoms with E-state index in [1.54, 1.807) is 26.8 Å². The second kappa shape index (κ2) is 10.9. The average molecular weight is 624 g/mol. The van der Waals surface area contributed by atoms with Crippen molar-refractivity contribution in [2.75, 3.05) is 13.2 Å². The third-order valence-corrected chi connectivity index (χ3v) is 10.8. The maximum absolute atomic E-state index is 17.5. The molecule has 43 heavy (non-hydrogen) atoms. The lowest BCUT2D eigenvalue weighted by Gasteiger charge is -2.62. The molecule has 0 aromatic rings. The molecule has 0 aromatic carbocycles. The molecule has 9 atom stereocenters. The summed E-state index contributed by atoms with van der Waals surface area (Å²) in [6.45, 7) is 9.59. The van der Waals surface area contributed by atoms with Gasteiger partial charge in [-0.2, -0.15) is 0 Å². The van der Waals surface area contributed by atoms with Crippen molar-refractivity contribution in [2.45, 2.75) is 95.1 Å². The predicted molar refractivity (Wildman–Crippen MR) is 151 cm³/mol. The number of allylic oxidation sites excluding steroid dienone is 4. The van der Waals surface area contributed by atoms with Crippen LogP contribution in [0.25, 0.3) is 0 Å². The van der Waals surface area contributed by atoms with E-state index < -0.39 is 88.7 Å². The summed E-state index contributed by atoms with van der Waals surface area (Å²) in [6.07, 6.45) is 4.04. The first kappa shape index (κ1) is 32.0. The molecular weight excluding hydrogens is 585 g/mol. The lowest BCUT2D eigenvalue weighted by atomic mass is 9.44. The van der Waals surface area contributed by atoms with Crippen molar-refractivity contribution in [3.8, 4) is 0 Å². The fourth-order valence-electron chi connectivity index (χ4n) is 8.70. The fourth-order valence-corrected chi connectivity index (χ4v) is 8.86. The molecule has 4 fully saturated rings. The topological polar surface area (TPSA) is 137 Å². The van der Waals surface area contributed by atoms with Crippen LogP contribution in [-0.2, 0) is 38.1 Å². The minimum atomic E-state index is -2.09. The van der Waals surface area contributed by atoms with Gasteiger partial charge in [-0.25, -0.2) is 9.23 Å². The average Bonchev–Trinajstić information content (AvgIpc) is 3.35. The number of hydrogen-bond donors (Lipinski definition) is 2. The molecule has 5 aliphatic rings. The smallest absolute Gasteiger partial charge is 0.325 e. The summed E-state index contributed by atoms with van der Waals surface area (Å²) in [5.41, 5.74) is -5.33. The van der Waals surface area contributed by atoms with Gasteiger partial charge in [-0.15, -0.1) is 0 Å². The summed E-state index contributed by atoms with van der Waals surface area (Å²) in [5, 5.41) is 11.7. The number of ether oxygens (including phenoxy) is 4. The first-order valence-electron chi connectivity index (χ1n) is 14.6. The third kappa shape index (κ3) is 4.65. The molecule has 0 aromatic heterocycles. The van der Waals surface area contributed by atoms with Gasteiger partial charge in [-0.1, -0.05) is 31.2 Å². The number of nitrogens with one attached hydrogen (secondary N) is 1. The lowest BCUT2D eigenvalue weighted by Crippen LogP contribution is -2.70. The van der Waals surface area contributed by atoms with Gasteiger partial charge in [0.1, 0.15) is 12.6 Å². The van der Waals surface area contributed by atoms with Crippen LogP contribution in [-0.4, -0.2) is 77.1 Å². The molecule has 1 heterocycles. The third-order valence-electron chi connectivity index (χ3n) is 10.5. The Hall–Kier alpha value is -2.44. The normalized spacial score (nSPS) is 41.2. The highest BCUT2D eigenvalue weighted by atomic mass is 35.5. The van der Waals surface area contributed by atoms with E-state index in [2.05, 4.69) is 11.4 Å². The number of Topliss-reactive ketones (excluding diaryl/α,β-unsaturated/α-hetero) is 1. The first-order valence-corrected chi connectivity index (χ1v) is 15.0. The van der Waals surface area contributed by atoms with Crippen molar-refractivity contribution < 1.29 is 47.6 Å². The van der Waals surface area contributed by atoms with Crippen LogP contribution >= 0.6 is 11.8 Å². The van der Waals surface area contributed by atoms with Crippen LogP contribution in [0.3, 0.4) is 0 Å². The molecule has 5 rings (SSSR count). The second-order valence-corrected chi connectivity index (χ2v) is 13.4. The Morgan fingerprint density at radius 2 is 1.98 bits per heavy atom. The van der Waals surface area contributed by atoms with Crippen molar-refractivity contribution in [2.24, 2.45) is 22.7 Å². The number of aliphatic hydroxyl groups is 1. The molecule has 2 N–H and O–H groups in total. The Kier molecular flexibility index (Phi) is 8.08. The SMILES string of the molecule is C=CCOC(=O)C(CC(=O)OCC(=O)[C@@]12OC(C)(C)O[C@@H]1C[C@H]1[C@@H]3CCC4=CC(=O)C=C[C@]4(C)C3(F)[C@@H](O)C[C@@]12C)NCl. The van der Waals surface area contributed by atoms with E-state index >= 15 is 4.39 Å². The van der Waals surface area contributed by atoms with Crippen molar-refractivity contribution in [3.63, 3.8) is 0 Å². The number of hydrogen-bond acceptors (Lipinski definition) is 10. The van der Waals surface area contributed by atoms with Crippen molar-refractivity contribution in [1.82, 2.24) is 4.84 Å². The van der Waals surface area contributed by atoms with Crippen LogP contribution in [0.4, 0.5) is 4.39 Å². The minimum absolute atomic E-state index is 0.0730. The molecule has 1 aliphatic heterocycles. The molecular formula is C31H39ClFNO9. The van der Waals surface area contributed by atoms with Gasteiger partial charge >= 0.3 is 11.9 Å². The summed E-state index contributed by atoms with van der Waals surface area (Å²) in [5.74, 6) is -4.70. The molecule has 0 spiro atoms. The number of fused-ring (bicyclic) bond motifs is 7. The molecule has 2 unspecified atom stereocenters. The first-order chi connectivity index (χ1) is 20.1. The predicted octanol–water partition coefficient (Wildman–Crippen LogP) is 3.20. The summed E-state index contributed by atoms with van der Waals surface area (Å²) < 4.78 is 40.4. The lowest BCUT2D eigenvalue weighted by molar-refractivity contribution is -0.246. The second-order valence-electron chi connectivity index (χ2n) is 13.2. The highest BCUT2D eigenvalue weighted by molar-refractivity contribution is 6.15. The maximum atomic E-state index is 17.5. The maximum Gasteiger partial charge on any atom is 0.325 e. The number of rotatable bonds is 9. The van der Waals surface area contributed by atoms with Crippen LogP contribution in [0.15, 0.2) is 36.5 Å². The van der Waals surface area contributed by atoms with Gasteiger partial charge in [0, 0.05) is 16.7 Å². The molecule has 3 saturated carbocycles. The number of ketones is 2. The summed E-state index contributed by atoms with van der Waals surface area (Å²) >= 11 is 5.62. The molecule has 1 saturated heterocycles. The molecule has 0 amide bonds. The van der Waals surface area contributed by atoms with Gasteiger partial charge in [-0.3, -0.25) is 19.2 Å². The van der Waals surface area contributed by atoms with Crippen LogP contribution < -0.4 is 4.84 Å². The molecule has 4 aliphatic carbocycles. The highest BCUT2D eigenvalue weighted by Gasteiger charge is 2.80. The standard InChI is InChI=1S/C31H39ClFNO9/c1-6-11-40-26(39)21(34-32)14-25(38)41-16-23(37)31-24(42-27(2,3)43-31)13-20-19-8-7-17-12-18(35)9-10-28(17,4)30(19,33)22(36)15-29(20,31)5/h6,9-10,12,19-22,24,34,36H,1,7-8,11,13-16H2,2-5H3/t19-,20-,21?,22-,24+,28-,29-,30?,31+/m0/s1. The molecule has 12 heteroatoms. The van der Waals surface area contributed by atoms with E-state index in [1.807, 2.05) is 6.92 Å². The number of carbonyl (C=O) groups excluding carboxylic acids is 4. The zero-order valence-corrected chi connectivity index (χ0v) is 25.6. The van der Waals surface area contributed by atoms with E-state index in [0.29, 0.717) is 24.8 Å². The number of aliphatic hydroxyl groups excluding tert-OH is 1. The van der Waals surface area contributed by atoms with Gasteiger partial charge in [-0.05, 0) is 76.3 Å². The zero-order valence-electron chi connectivity index (χ0n) is 24.8. The number of esters is 2. The number of carbonyl (C=O) groups is 4. The molecule has 0 bridgehead atoms. The van der Waals surface area contributed by atoms with Gasteiger partial charge in [0.25, 0.3) is 0 Å². The van der Waals surface area contributed by atoms with Crippen molar-refractivity contribution >= 4 is 35.3 Å². The number of alkyl halides is 1. The quantitative estimate of drug-likeness (QED) is 0.224. The molecule has 0 radical (unpaired) electrons. The Morgan fingerprint density at radius 1 is 1.26 bits per heavy atom. The van der Waals surface area contributed by atoms with Gasteiger partial charge < -0.3 is 24.1 Å². The summed E-state index contributed by atoms with van der Waals surface area (Å²) in [6, 6.07) is -1.21. The Morgan fingerprint density at radius 3 is 2.65 bits per heavy atom. The van der Waals surface area contributed by atoms with E-state index in [1.165, 1.54) is 18.2 Å². The fraction of sp³-hybridized carbons (Fsp3) is 0.677. The molecule has 236 valence electrons.